The third-order valence-electron chi connectivity index (χ3n) is 4.84. The monoisotopic (exact) mass is 366 g/mol. The maximum atomic E-state index is 12.5. The quantitative estimate of drug-likeness (QED) is 0.712. The number of thiophene rings is 1. The summed E-state index contributed by atoms with van der Waals surface area (Å²) in [5.74, 6) is 1.20. The van der Waals surface area contributed by atoms with Crippen LogP contribution in [0.1, 0.15) is 17.4 Å². The minimum Gasteiger partial charge on any atom is -0.352 e. The lowest BCUT2D eigenvalue weighted by atomic mass is 10.1. The van der Waals surface area contributed by atoms with Gasteiger partial charge in [-0.15, -0.1) is 11.3 Å². The summed E-state index contributed by atoms with van der Waals surface area (Å²) in [4.78, 5) is 28.1. The maximum Gasteiger partial charge on any atom is 0.227 e. The standard InChI is InChI=1S/C20H22N4OS/c1-2-16-13-17-19(21-14-22-20(17)26-16)24-10-8-23(9-11-24)18(25)12-15-6-4-3-5-7-15/h3-7,13-14H,2,8-12H2,1H3. The molecule has 0 aliphatic carbocycles. The highest BCUT2D eigenvalue weighted by Gasteiger charge is 2.23. The summed E-state index contributed by atoms with van der Waals surface area (Å²) in [5, 5.41) is 1.14. The largest absolute Gasteiger partial charge is 0.352 e. The van der Waals surface area contributed by atoms with Crippen LogP contribution in [0.5, 0.6) is 0 Å². The van der Waals surface area contributed by atoms with Crippen molar-refractivity contribution in [1.29, 1.82) is 0 Å². The van der Waals surface area contributed by atoms with Crippen LogP contribution < -0.4 is 4.90 Å². The molecule has 3 heterocycles. The second-order valence-corrected chi connectivity index (χ2v) is 7.63. The average molecular weight is 366 g/mol. The van der Waals surface area contributed by atoms with Gasteiger partial charge in [0.15, 0.2) is 0 Å². The Bertz CT molecular complexity index is 901. The Balaban J connectivity index is 1.44. The van der Waals surface area contributed by atoms with Crippen molar-refractivity contribution in [2.75, 3.05) is 31.1 Å². The third-order valence-corrected chi connectivity index (χ3v) is 6.03. The van der Waals surface area contributed by atoms with Gasteiger partial charge in [-0.2, -0.15) is 0 Å². The lowest BCUT2D eigenvalue weighted by molar-refractivity contribution is -0.130. The second-order valence-electron chi connectivity index (χ2n) is 6.51. The molecule has 1 aromatic carbocycles. The molecule has 3 aromatic rings. The average Bonchev–Trinajstić information content (AvgIpc) is 3.12. The van der Waals surface area contributed by atoms with Crippen molar-refractivity contribution in [2.45, 2.75) is 19.8 Å². The zero-order chi connectivity index (χ0) is 17.9. The lowest BCUT2D eigenvalue weighted by Crippen LogP contribution is -2.49. The van der Waals surface area contributed by atoms with Crippen LogP contribution in [0, 0.1) is 0 Å². The van der Waals surface area contributed by atoms with E-state index in [0.29, 0.717) is 6.42 Å². The Morgan fingerprint density at radius 2 is 1.88 bits per heavy atom. The number of hydrogen-bond acceptors (Lipinski definition) is 5. The normalized spacial score (nSPS) is 14.8. The second kappa shape index (κ2) is 7.41. The van der Waals surface area contributed by atoms with E-state index in [1.165, 1.54) is 4.88 Å². The van der Waals surface area contributed by atoms with Crippen LogP contribution in [0.3, 0.4) is 0 Å². The van der Waals surface area contributed by atoms with Crippen molar-refractivity contribution in [3.05, 3.63) is 53.2 Å². The number of amides is 1. The van der Waals surface area contributed by atoms with Gasteiger partial charge >= 0.3 is 0 Å². The highest BCUT2D eigenvalue weighted by Crippen LogP contribution is 2.30. The van der Waals surface area contributed by atoms with Gasteiger partial charge in [0, 0.05) is 31.1 Å². The van der Waals surface area contributed by atoms with E-state index in [9.17, 15) is 4.79 Å². The van der Waals surface area contributed by atoms with Gasteiger partial charge < -0.3 is 9.80 Å². The number of benzene rings is 1. The molecular formula is C20H22N4OS. The molecular weight excluding hydrogens is 344 g/mol. The summed E-state index contributed by atoms with van der Waals surface area (Å²) in [6.07, 6.45) is 3.14. The van der Waals surface area contributed by atoms with E-state index in [-0.39, 0.29) is 5.91 Å². The minimum atomic E-state index is 0.201. The molecule has 0 radical (unpaired) electrons. The van der Waals surface area contributed by atoms with Gasteiger partial charge in [0.25, 0.3) is 0 Å². The van der Waals surface area contributed by atoms with E-state index in [4.69, 9.17) is 0 Å². The maximum absolute atomic E-state index is 12.5. The van der Waals surface area contributed by atoms with E-state index in [1.807, 2.05) is 35.2 Å². The van der Waals surface area contributed by atoms with E-state index in [0.717, 1.165) is 54.2 Å². The molecule has 134 valence electrons. The van der Waals surface area contributed by atoms with Crippen molar-refractivity contribution in [3.8, 4) is 0 Å². The molecule has 1 aliphatic heterocycles. The van der Waals surface area contributed by atoms with Crippen LogP contribution in [0.4, 0.5) is 5.82 Å². The summed E-state index contributed by atoms with van der Waals surface area (Å²) in [7, 11) is 0. The van der Waals surface area contributed by atoms with Crippen LogP contribution >= 0.6 is 11.3 Å². The molecule has 0 N–H and O–H groups in total. The molecule has 1 amide bonds. The SMILES string of the molecule is CCc1cc2c(N3CCN(C(=O)Cc4ccccc4)CC3)ncnc2s1. The zero-order valence-electron chi connectivity index (χ0n) is 14.9. The first-order valence-corrected chi connectivity index (χ1v) is 9.86. The molecule has 0 atom stereocenters. The first kappa shape index (κ1) is 17.0. The fourth-order valence-electron chi connectivity index (χ4n) is 3.37. The van der Waals surface area contributed by atoms with Crippen molar-refractivity contribution >= 4 is 33.3 Å². The molecule has 5 nitrogen and oxygen atoms in total. The molecule has 26 heavy (non-hydrogen) atoms. The van der Waals surface area contributed by atoms with E-state index >= 15 is 0 Å². The van der Waals surface area contributed by atoms with Crippen molar-refractivity contribution < 1.29 is 4.79 Å². The number of rotatable bonds is 4. The van der Waals surface area contributed by atoms with Gasteiger partial charge in [0.2, 0.25) is 5.91 Å². The molecule has 1 aliphatic rings. The predicted molar refractivity (Wildman–Crippen MR) is 106 cm³/mol. The molecule has 4 rings (SSSR count). The smallest absolute Gasteiger partial charge is 0.227 e. The number of aryl methyl sites for hydroxylation is 1. The molecule has 1 saturated heterocycles. The third kappa shape index (κ3) is 3.42. The van der Waals surface area contributed by atoms with E-state index < -0.39 is 0 Å². The van der Waals surface area contributed by atoms with Crippen molar-refractivity contribution in [2.24, 2.45) is 0 Å². The zero-order valence-corrected chi connectivity index (χ0v) is 15.7. The summed E-state index contributed by atoms with van der Waals surface area (Å²) in [6.45, 7) is 5.26. The Morgan fingerprint density at radius 1 is 1.12 bits per heavy atom. The van der Waals surface area contributed by atoms with Gasteiger partial charge in [-0.25, -0.2) is 9.97 Å². The van der Waals surface area contributed by atoms with Crippen LogP contribution in [-0.2, 0) is 17.6 Å². The van der Waals surface area contributed by atoms with Gasteiger partial charge in [-0.1, -0.05) is 37.3 Å². The Morgan fingerprint density at radius 3 is 2.62 bits per heavy atom. The molecule has 2 aromatic heterocycles. The number of hydrogen-bond donors (Lipinski definition) is 0. The molecule has 0 spiro atoms. The fourth-order valence-corrected chi connectivity index (χ4v) is 4.30. The first-order valence-electron chi connectivity index (χ1n) is 9.04. The molecule has 1 fully saturated rings. The fraction of sp³-hybridized carbons (Fsp3) is 0.350. The summed E-state index contributed by atoms with van der Waals surface area (Å²) < 4.78 is 0. The highest BCUT2D eigenvalue weighted by atomic mass is 32.1. The van der Waals surface area contributed by atoms with E-state index in [2.05, 4.69) is 27.9 Å². The van der Waals surface area contributed by atoms with E-state index in [1.54, 1.807) is 17.7 Å². The lowest BCUT2D eigenvalue weighted by Gasteiger charge is -2.35. The number of anilines is 1. The predicted octanol–water partition coefficient (Wildman–Crippen LogP) is 3.15. The number of fused-ring (bicyclic) bond motifs is 1. The van der Waals surface area contributed by atoms with Crippen molar-refractivity contribution in [1.82, 2.24) is 14.9 Å². The van der Waals surface area contributed by atoms with Gasteiger partial charge in [0.1, 0.15) is 17.0 Å². The molecule has 0 saturated carbocycles. The van der Waals surface area contributed by atoms with Crippen LogP contribution in [0.15, 0.2) is 42.7 Å². The summed E-state index contributed by atoms with van der Waals surface area (Å²) >= 11 is 1.74. The Labute approximate surface area is 157 Å². The Hall–Kier alpha value is -2.47. The number of piperazine rings is 1. The van der Waals surface area contributed by atoms with Crippen molar-refractivity contribution in [3.63, 3.8) is 0 Å². The van der Waals surface area contributed by atoms with Crippen LogP contribution in [0.25, 0.3) is 10.2 Å². The number of carbonyl (C=O) groups is 1. The first-order chi connectivity index (χ1) is 12.7. The topological polar surface area (TPSA) is 49.3 Å². The highest BCUT2D eigenvalue weighted by molar-refractivity contribution is 7.18. The summed E-state index contributed by atoms with van der Waals surface area (Å²) in [5.41, 5.74) is 1.07. The minimum absolute atomic E-state index is 0.201. The molecule has 0 unspecified atom stereocenters. The van der Waals surface area contributed by atoms with Gasteiger partial charge in [-0.05, 0) is 18.1 Å². The number of nitrogens with zero attached hydrogens (tertiary/aromatic N) is 4. The Kier molecular flexibility index (Phi) is 4.84. The number of aromatic nitrogens is 2. The summed E-state index contributed by atoms with van der Waals surface area (Å²) in [6, 6.07) is 12.2. The molecule has 0 bridgehead atoms. The van der Waals surface area contributed by atoms with Crippen LogP contribution in [-0.4, -0.2) is 47.0 Å². The van der Waals surface area contributed by atoms with Gasteiger partial charge in [0.05, 0.1) is 11.8 Å². The van der Waals surface area contributed by atoms with Crippen LogP contribution in [0.2, 0.25) is 0 Å². The number of carbonyl (C=O) groups excluding carboxylic acids is 1. The molecule has 6 heteroatoms. The van der Waals surface area contributed by atoms with Gasteiger partial charge in [-0.3, -0.25) is 4.79 Å².